The molecule has 0 aliphatic rings. The van der Waals surface area contributed by atoms with Gasteiger partial charge in [-0.15, -0.1) is 12.4 Å². The molecule has 0 saturated heterocycles. The number of nitrogens with one attached hydrogen (secondary N) is 1. The molecule has 4 nitrogen and oxygen atoms in total. The molecule has 166 valence electrons. The lowest BCUT2D eigenvalue weighted by atomic mass is 10.1. The molecule has 3 aromatic rings. The van der Waals surface area contributed by atoms with E-state index in [0.29, 0.717) is 23.2 Å². The van der Waals surface area contributed by atoms with Crippen molar-refractivity contribution in [3.63, 3.8) is 0 Å². The van der Waals surface area contributed by atoms with Gasteiger partial charge in [-0.25, -0.2) is 0 Å². The molecule has 0 unspecified atom stereocenters. The van der Waals surface area contributed by atoms with E-state index in [-0.39, 0.29) is 12.4 Å². The molecular formula is C24H26Cl3NO3. The minimum Gasteiger partial charge on any atom is -0.493 e. The van der Waals surface area contributed by atoms with Gasteiger partial charge < -0.3 is 19.5 Å². The largest absolute Gasteiger partial charge is 0.493 e. The Hall–Kier alpha value is -2.11. The van der Waals surface area contributed by atoms with Crippen molar-refractivity contribution in [3.8, 4) is 17.2 Å². The van der Waals surface area contributed by atoms with Crippen LogP contribution in [0.4, 0.5) is 0 Å². The second-order valence-electron chi connectivity index (χ2n) is 6.75. The normalized spacial score (nSPS) is 10.3. The Labute approximate surface area is 199 Å². The van der Waals surface area contributed by atoms with Gasteiger partial charge in [0.05, 0.1) is 14.2 Å². The molecule has 1 N–H and O–H groups in total. The molecule has 0 amide bonds. The van der Waals surface area contributed by atoms with Gasteiger partial charge in [0, 0.05) is 27.7 Å². The minimum absolute atomic E-state index is 0. The van der Waals surface area contributed by atoms with Gasteiger partial charge in [-0.1, -0.05) is 47.5 Å². The van der Waals surface area contributed by atoms with Crippen molar-refractivity contribution in [1.29, 1.82) is 0 Å². The van der Waals surface area contributed by atoms with Crippen LogP contribution in [-0.4, -0.2) is 20.8 Å². The lowest BCUT2D eigenvalue weighted by molar-refractivity contribution is 0.302. The van der Waals surface area contributed by atoms with Gasteiger partial charge in [0.25, 0.3) is 0 Å². The fraction of sp³-hybridized carbons (Fsp3) is 0.250. The van der Waals surface area contributed by atoms with Gasteiger partial charge in [-0.05, 0) is 54.9 Å². The molecule has 31 heavy (non-hydrogen) atoms. The standard InChI is InChI=1S/C24H25Cl2NO3.ClH/c1-28-23-9-7-17(13-24(23)29-2)11-12-27-15-19-14-20(25)8-10-22(19)30-16-18-5-3-4-6-21(18)26;/h3-10,13-14,27H,11-12,15-16H2,1-2H3;1H. The summed E-state index contributed by atoms with van der Waals surface area (Å²) in [5.41, 5.74) is 3.12. The van der Waals surface area contributed by atoms with Gasteiger partial charge >= 0.3 is 0 Å². The number of rotatable bonds is 10. The maximum absolute atomic E-state index is 6.23. The highest BCUT2D eigenvalue weighted by atomic mass is 35.5. The highest BCUT2D eigenvalue weighted by Crippen LogP contribution is 2.28. The van der Waals surface area contributed by atoms with E-state index < -0.39 is 0 Å². The van der Waals surface area contributed by atoms with Crippen LogP contribution in [0.2, 0.25) is 10.0 Å². The fourth-order valence-electron chi connectivity index (χ4n) is 3.09. The Kier molecular flexibility index (Phi) is 10.3. The Morgan fingerprint density at radius 2 is 1.55 bits per heavy atom. The lowest BCUT2D eigenvalue weighted by Crippen LogP contribution is -2.17. The van der Waals surface area contributed by atoms with Crippen LogP contribution < -0.4 is 19.5 Å². The summed E-state index contributed by atoms with van der Waals surface area (Å²) in [6.45, 7) is 1.84. The summed E-state index contributed by atoms with van der Waals surface area (Å²) in [6.07, 6.45) is 0.858. The maximum Gasteiger partial charge on any atom is 0.160 e. The lowest BCUT2D eigenvalue weighted by Gasteiger charge is -2.14. The van der Waals surface area contributed by atoms with Crippen molar-refractivity contribution in [2.45, 2.75) is 19.6 Å². The molecule has 0 radical (unpaired) electrons. The summed E-state index contributed by atoms with van der Waals surface area (Å²) in [6, 6.07) is 19.3. The quantitative estimate of drug-likeness (QED) is 0.342. The first kappa shape index (κ1) is 25.2. The first-order valence-corrected chi connectivity index (χ1v) is 10.4. The third kappa shape index (κ3) is 7.22. The predicted octanol–water partition coefficient (Wildman–Crippen LogP) is 6.34. The summed E-state index contributed by atoms with van der Waals surface area (Å²) >= 11 is 12.4. The predicted molar refractivity (Wildman–Crippen MR) is 129 cm³/mol. The van der Waals surface area contributed by atoms with Crippen molar-refractivity contribution in [2.24, 2.45) is 0 Å². The minimum atomic E-state index is 0. The van der Waals surface area contributed by atoms with Crippen molar-refractivity contribution >= 4 is 35.6 Å². The molecule has 0 spiro atoms. The van der Waals surface area contributed by atoms with E-state index in [4.69, 9.17) is 37.4 Å². The molecule has 0 heterocycles. The van der Waals surface area contributed by atoms with Crippen molar-refractivity contribution in [3.05, 3.63) is 87.4 Å². The molecule has 3 aromatic carbocycles. The maximum atomic E-state index is 6.23. The average molecular weight is 483 g/mol. The Balaban J connectivity index is 0.00000341. The van der Waals surface area contributed by atoms with Crippen LogP contribution in [0.25, 0.3) is 0 Å². The van der Waals surface area contributed by atoms with Crippen molar-refractivity contribution in [2.75, 3.05) is 20.8 Å². The van der Waals surface area contributed by atoms with E-state index in [0.717, 1.165) is 41.3 Å². The Morgan fingerprint density at radius 3 is 2.29 bits per heavy atom. The number of methoxy groups -OCH3 is 2. The fourth-order valence-corrected chi connectivity index (χ4v) is 3.47. The number of halogens is 3. The van der Waals surface area contributed by atoms with E-state index in [2.05, 4.69) is 5.32 Å². The zero-order chi connectivity index (χ0) is 21.3. The van der Waals surface area contributed by atoms with E-state index >= 15 is 0 Å². The summed E-state index contributed by atoms with van der Waals surface area (Å²) in [5, 5.41) is 4.83. The third-order valence-corrected chi connectivity index (χ3v) is 5.32. The van der Waals surface area contributed by atoms with E-state index in [1.54, 1.807) is 14.2 Å². The van der Waals surface area contributed by atoms with Gasteiger partial charge in [0.2, 0.25) is 0 Å². The van der Waals surface area contributed by atoms with Crippen molar-refractivity contribution in [1.82, 2.24) is 5.32 Å². The summed E-state index contributed by atoms with van der Waals surface area (Å²) in [4.78, 5) is 0. The summed E-state index contributed by atoms with van der Waals surface area (Å²) in [7, 11) is 3.28. The van der Waals surface area contributed by atoms with Crippen LogP contribution >= 0.6 is 35.6 Å². The molecule has 0 saturated carbocycles. The van der Waals surface area contributed by atoms with Crippen molar-refractivity contribution < 1.29 is 14.2 Å². The Bertz CT molecular complexity index is 982. The van der Waals surface area contributed by atoms with Crippen LogP contribution in [0.3, 0.4) is 0 Å². The number of ether oxygens (including phenoxy) is 3. The van der Waals surface area contributed by atoms with Crippen LogP contribution in [0.5, 0.6) is 17.2 Å². The highest BCUT2D eigenvalue weighted by Gasteiger charge is 2.08. The van der Waals surface area contributed by atoms with E-state index in [1.165, 1.54) is 5.56 Å². The molecule has 0 fully saturated rings. The number of hydrogen-bond acceptors (Lipinski definition) is 4. The monoisotopic (exact) mass is 481 g/mol. The molecule has 7 heteroatoms. The highest BCUT2D eigenvalue weighted by molar-refractivity contribution is 6.31. The first-order chi connectivity index (χ1) is 14.6. The molecule has 0 aliphatic carbocycles. The summed E-state index contributed by atoms with van der Waals surface area (Å²) < 4.78 is 16.7. The van der Waals surface area contributed by atoms with Gasteiger partial charge in [-0.2, -0.15) is 0 Å². The van der Waals surface area contributed by atoms with Crippen LogP contribution in [0.15, 0.2) is 60.7 Å². The van der Waals surface area contributed by atoms with Gasteiger partial charge in [0.1, 0.15) is 12.4 Å². The molecule has 3 rings (SSSR count). The van der Waals surface area contributed by atoms with Crippen LogP contribution in [-0.2, 0) is 19.6 Å². The van der Waals surface area contributed by atoms with Crippen LogP contribution in [0, 0.1) is 0 Å². The first-order valence-electron chi connectivity index (χ1n) is 9.67. The second kappa shape index (κ2) is 12.7. The smallest absolute Gasteiger partial charge is 0.160 e. The number of benzene rings is 3. The van der Waals surface area contributed by atoms with Gasteiger partial charge in [0.15, 0.2) is 11.5 Å². The zero-order valence-electron chi connectivity index (χ0n) is 17.5. The molecule has 0 aromatic heterocycles. The van der Waals surface area contributed by atoms with Gasteiger partial charge in [-0.3, -0.25) is 0 Å². The molecule has 0 bridgehead atoms. The third-order valence-electron chi connectivity index (χ3n) is 4.72. The summed E-state index contributed by atoms with van der Waals surface area (Å²) in [5.74, 6) is 2.26. The van der Waals surface area contributed by atoms with E-state index in [9.17, 15) is 0 Å². The second-order valence-corrected chi connectivity index (χ2v) is 7.59. The van der Waals surface area contributed by atoms with Crippen LogP contribution in [0.1, 0.15) is 16.7 Å². The van der Waals surface area contributed by atoms with E-state index in [1.807, 2.05) is 60.7 Å². The molecule has 0 atom stereocenters. The Morgan fingerprint density at radius 1 is 0.806 bits per heavy atom. The molecular weight excluding hydrogens is 457 g/mol. The average Bonchev–Trinajstić information content (AvgIpc) is 2.77. The number of hydrogen-bond donors (Lipinski definition) is 1. The zero-order valence-corrected chi connectivity index (χ0v) is 19.8. The molecule has 0 aliphatic heterocycles. The SMILES string of the molecule is COc1ccc(CCNCc2cc(Cl)ccc2OCc2ccccc2Cl)cc1OC.Cl. The topological polar surface area (TPSA) is 39.7 Å².